The minimum atomic E-state index is -3.09. The summed E-state index contributed by atoms with van der Waals surface area (Å²) in [4.78, 5) is 6.83. The van der Waals surface area contributed by atoms with Crippen molar-refractivity contribution in [1.29, 1.82) is 0 Å². The van der Waals surface area contributed by atoms with E-state index in [1.807, 2.05) is 0 Å². The van der Waals surface area contributed by atoms with Gasteiger partial charge < -0.3 is 10.6 Å². The summed E-state index contributed by atoms with van der Waals surface area (Å²) in [6.45, 7) is 5.73. The zero-order valence-corrected chi connectivity index (χ0v) is 18.8. The molecule has 0 radical (unpaired) electrons. The quantitative estimate of drug-likeness (QED) is 0.242. The minimum absolute atomic E-state index is 0. The SMILES string of the molecule is CCc1ccc(CNC(=NC)NCCCN(C)S(=O)(=O)CC)s1.I. The molecule has 1 heterocycles. The molecule has 0 unspecified atom stereocenters. The Morgan fingerprint density at radius 3 is 2.46 bits per heavy atom. The maximum atomic E-state index is 11.6. The predicted molar refractivity (Wildman–Crippen MR) is 114 cm³/mol. The Kier molecular flexibility index (Phi) is 11.8. The van der Waals surface area contributed by atoms with Crippen LogP contribution < -0.4 is 10.6 Å². The van der Waals surface area contributed by atoms with E-state index in [4.69, 9.17) is 0 Å². The van der Waals surface area contributed by atoms with E-state index in [1.54, 1.807) is 32.4 Å². The van der Waals surface area contributed by atoms with Crippen molar-refractivity contribution in [2.75, 3.05) is 32.9 Å². The van der Waals surface area contributed by atoms with Gasteiger partial charge in [0.05, 0.1) is 12.3 Å². The maximum absolute atomic E-state index is 11.6. The summed E-state index contributed by atoms with van der Waals surface area (Å²) in [6.07, 6.45) is 1.79. The molecular weight excluding hydrogens is 459 g/mol. The fourth-order valence-corrected chi connectivity index (χ4v) is 3.71. The average molecular weight is 488 g/mol. The van der Waals surface area contributed by atoms with Crippen molar-refractivity contribution in [3.05, 3.63) is 21.9 Å². The van der Waals surface area contributed by atoms with Gasteiger partial charge in [0.1, 0.15) is 0 Å². The monoisotopic (exact) mass is 488 g/mol. The Hall–Kier alpha value is -0.390. The van der Waals surface area contributed by atoms with Crippen LogP contribution in [0.3, 0.4) is 0 Å². The molecule has 2 N–H and O–H groups in total. The number of hydrogen-bond acceptors (Lipinski definition) is 4. The number of halogens is 1. The number of aryl methyl sites for hydroxylation is 1. The summed E-state index contributed by atoms with van der Waals surface area (Å²) in [5, 5.41) is 6.48. The molecule has 0 aliphatic carbocycles. The molecule has 0 fully saturated rings. The van der Waals surface area contributed by atoms with Gasteiger partial charge in [-0.05, 0) is 31.9 Å². The van der Waals surface area contributed by atoms with Crippen LogP contribution in [0, 0.1) is 0 Å². The van der Waals surface area contributed by atoms with Crippen molar-refractivity contribution in [2.45, 2.75) is 33.2 Å². The minimum Gasteiger partial charge on any atom is -0.356 e. The molecule has 0 aromatic carbocycles. The van der Waals surface area contributed by atoms with Gasteiger partial charge in [0.2, 0.25) is 10.0 Å². The summed E-state index contributed by atoms with van der Waals surface area (Å²) < 4.78 is 24.7. The second-order valence-corrected chi connectivity index (χ2v) is 8.77. The number of aliphatic imine (C=N–C) groups is 1. The fraction of sp³-hybridized carbons (Fsp3) is 0.667. The molecule has 0 saturated heterocycles. The number of nitrogens with one attached hydrogen (secondary N) is 2. The highest BCUT2D eigenvalue weighted by Gasteiger charge is 2.13. The molecule has 6 nitrogen and oxygen atoms in total. The van der Waals surface area contributed by atoms with E-state index in [9.17, 15) is 8.42 Å². The normalized spacial score (nSPS) is 12.1. The van der Waals surface area contributed by atoms with E-state index in [1.165, 1.54) is 14.1 Å². The Balaban J connectivity index is 0.00000529. The standard InChI is InChI=1S/C15H28N4O2S2.HI/c1-5-13-8-9-14(22-13)12-18-15(16-3)17-10-7-11-19(4)23(20,21)6-2;/h8-9H,5-7,10-12H2,1-4H3,(H2,16,17,18);1H. The Morgan fingerprint density at radius 2 is 1.92 bits per heavy atom. The second kappa shape index (κ2) is 12.0. The van der Waals surface area contributed by atoms with E-state index in [2.05, 4.69) is 34.7 Å². The van der Waals surface area contributed by atoms with Crippen molar-refractivity contribution >= 4 is 51.3 Å². The van der Waals surface area contributed by atoms with E-state index in [0.29, 0.717) is 13.1 Å². The molecule has 1 rings (SSSR count). The van der Waals surface area contributed by atoms with Crippen molar-refractivity contribution in [3.63, 3.8) is 0 Å². The first kappa shape index (κ1) is 23.6. The van der Waals surface area contributed by atoms with E-state index < -0.39 is 10.0 Å². The van der Waals surface area contributed by atoms with E-state index in [-0.39, 0.29) is 29.7 Å². The van der Waals surface area contributed by atoms with Gasteiger partial charge in [0.25, 0.3) is 0 Å². The highest BCUT2D eigenvalue weighted by atomic mass is 127. The van der Waals surface area contributed by atoms with Crippen LogP contribution in [0.5, 0.6) is 0 Å². The van der Waals surface area contributed by atoms with Crippen LogP contribution in [0.1, 0.15) is 30.0 Å². The zero-order valence-electron chi connectivity index (χ0n) is 14.8. The van der Waals surface area contributed by atoms with Gasteiger partial charge in [-0.25, -0.2) is 12.7 Å². The first-order chi connectivity index (χ1) is 10.9. The number of nitrogens with zero attached hydrogens (tertiary/aromatic N) is 2. The Bertz CT molecular complexity index is 602. The van der Waals surface area contributed by atoms with E-state index >= 15 is 0 Å². The highest BCUT2D eigenvalue weighted by molar-refractivity contribution is 14.0. The molecule has 140 valence electrons. The molecule has 0 aliphatic rings. The maximum Gasteiger partial charge on any atom is 0.213 e. The third kappa shape index (κ3) is 8.13. The van der Waals surface area contributed by atoms with Crippen molar-refractivity contribution in [3.8, 4) is 0 Å². The zero-order chi connectivity index (χ0) is 17.3. The molecule has 0 amide bonds. The molecule has 0 bridgehead atoms. The van der Waals surface area contributed by atoms with Gasteiger partial charge in [0.15, 0.2) is 5.96 Å². The molecule has 0 saturated carbocycles. The summed E-state index contributed by atoms with van der Waals surface area (Å²) in [5.41, 5.74) is 0. The average Bonchev–Trinajstić information content (AvgIpc) is 3.01. The molecule has 1 aromatic heterocycles. The summed E-state index contributed by atoms with van der Waals surface area (Å²) in [7, 11) is 0.260. The van der Waals surface area contributed by atoms with Crippen LogP contribution in [0.2, 0.25) is 0 Å². The number of sulfonamides is 1. The predicted octanol–water partition coefficient (Wildman–Crippen LogP) is 2.27. The summed E-state index contributed by atoms with van der Waals surface area (Å²) in [6, 6.07) is 4.29. The van der Waals surface area contributed by atoms with Gasteiger partial charge >= 0.3 is 0 Å². The molecule has 0 atom stereocenters. The van der Waals surface area contributed by atoms with E-state index in [0.717, 1.165) is 25.3 Å². The number of rotatable bonds is 9. The lowest BCUT2D eigenvalue weighted by molar-refractivity contribution is 0.461. The van der Waals surface area contributed by atoms with Gasteiger partial charge in [-0.15, -0.1) is 35.3 Å². The lowest BCUT2D eigenvalue weighted by Gasteiger charge is -2.16. The number of thiophene rings is 1. The first-order valence-electron chi connectivity index (χ1n) is 7.89. The molecule has 24 heavy (non-hydrogen) atoms. The van der Waals surface area contributed by atoms with Gasteiger partial charge in [0, 0.05) is 36.9 Å². The third-order valence-corrected chi connectivity index (χ3v) is 6.59. The van der Waals surface area contributed by atoms with Gasteiger partial charge in [-0.2, -0.15) is 0 Å². The lowest BCUT2D eigenvalue weighted by atomic mass is 10.3. The third-order valence-electron chi connectivity index (χ3n) is 3.50. The lowest BCUT2D eigenvalue weighted by Crippen LogP contribution is -2.38. The number of hydrogen-bond donors (Lipinski definition) is 2. The molecule has 9 heteroatoms. The molecule has 1 aromatic rings. The van der Waals surface area contributed by atoms with Crippen molar-refractivity contribution < 1.29 is 8.42 Å². The van der Waals surface area contributed by atoms with Crippen LogP contribution >= 0.6 is 35.3 Å². The fourth-order valence-electron chi connectivity index (χ4n) is 1.97. The highest BCUT2D eigenvalue weighted by Crippen LogP contribution is 2.16. The van der Waals surface area contributed by atoms with Gasteiger partial charge in [-0.1, -0.05) is 6.92 Å². The van der Waals surface area contributed by atoms with Crippen LogP contribution in [0.25, 0.3) is 0 Å². The van der Waals surface area contributed by atoms with Gasteiger partial charge in [-0.3, -0.25) is 4.99 Å². The smallest absolute Gasteiger partial charge is 0.213 e. The largest absolute Gasteiger partial charge is 0.356 e. The van der Waals surface area contributed by atoms with Crippen LogP contribution in [-0.2, 0) is 23.0 Å². The molecule has 0 spiro atoms. The summed E-state index contributed by atoms with van der Waals surface area (Å²) in [5.74, 6) is 0.873. The molecule has 0 aliphatic heterocycles. The van der Waals surface area contributed by atoms with Crippen molar-refractivity contribution in [1.82, 2.24) is 14.9 Å². The second-order valence-electron chi connectivity index (χ2n) is 5.15. The van der Waals surface area contributed by atoms with Crippen LogP contribution in [-0.4, -0.2) is 51.6 Å². The van der Waals surface area contributed by atoms with Crippen molar-refractivity contribution in [2.24, 2.45) is 4.99 Å². The topological polar surface area (TPSA) is 73.8 Å². The van der Waals surface area contributed by atoms with Crippen LogP contribution in [0.4, 0.5) is 0 Å². The number of guanidine groups is 1. The first-order valence-corrected chi connectivity index (χ1v) is 10.3. The van der Waals surface area contributed by atoms with Crippen LogP contribution in [0.15, 0.2) is 17.1 Å². The summed E-state index contributed by atoms with van der Waals surface area (Å²) >= 11 is 1.80. The molecular formula is C15H29IN4O2S2. The Labute approximate surface area is 167 Å². The Morgan fingerprint density at radius 1 is 1.25 bits per heavy atom.